The van der Waals surface area contributed by atoms with Gasteiger partial charge in [-0.1, -0.05) is 20.8 Å². The lowest BCUT2D eigenvalue weighted by atomic mass is 9.82. The molecule has 3 heterocycles. The summed E-state index contributed by atoms with van der Waals surface area (Å²) in [5.41, 5.74) is 10.4. The van der Waals surface area contributed by atoms with Crippen LogP contribution in [0.15, 0.2) is 12.1 Å². The summed E-state index contributed by atoms with van der Waals surface area (Å²) >= 11 is 0. The summed E-state index contributed by atoms with van der Waals surface area (Å²) in [5.74, 6) is 1.36. The quantitative estimate of drug-likeness (QED) is 0.713. The topological polar surface area (TPSA) is 91.4 Å². The van der Waals surface area contributed by atoms with Gasteiger partial charge < -0.3 is 9.64 Å². The molecule has 1 amide bonds. The molecule has 1 aromatic rings. The molecule has 1 aromatic heterocycles. The number of rotatable bonds is 4. The number of hydrogen-bond donors (Lipinski definition) is 3. The Bertz CT molecular complexity index is 689. The smallest absolute Gasteiger partial charge is 0.233 e. The first-order chi connectivity index (χ1) is 13.4. The van der Waals surface area contributed by atoms with Gasteiger partial charge in [-0.3, -0.25) is 4.79 Å². The van der Waals surface area contributed by atoms with E-state index in [0.29, 0.717) is 36.4 Å². The lowest BCUT2D eigenvalue weighted by Gasteiger charge is -2.32. The molecule has 4 unspecified atom stereocenters. The number of amides is 1. The van der Waals surface area contributed by atoms with E-state index in [1.807, 2.05) is 17.0 Å². The van der Waals surface area contributed by atoms with Gasteiger partial charge in [-0.15, -0.1) is 5.10 Å². The summed E-state index contributed by atoms with van der Waals surface area (Å²) in [6.07, 6.45) is 3.88. The van der Waals surface area contributed by atoms with Gasteiger partial charge in [0.2, 0.25) is 11.8 Å². The van der Waals surface area contributed by atoms with E-state index in [1.54, 1.807) is 0 Å². The third kappa shape index (κ3) is 4.29. The standard InChI is InChI=1S/C20H32N6O2/c1-20(2,3)17-6-7-18(24-23-17)28-12-13-8-9-26(11-13)19(27)14-4-5-15-16(10-14)22-25-21-15/h6-7,13-16,21-22,25H,4-5,8-12H2,1-3H3. The molecule has 0 aromatic carbocycles. The molecule has 2 aliphatic heterocycles. The fourth-order valence-corrected chi connectivity index (χ4v) is 4.38. The van der Waals surface area contributed by atoms with Gasteiger partial charge >= 0.3 is 0 Å². The number of likely N-dealkylation sites (tertiary alicyclic amines) is 1. The van der Waals surface area contributed by atoms with Crippen LogP contribution in [0.1, 0.15) is 52.1 Å². The minimum absolute atomic E-state index is 0.0167. The van der Waals surface area contributed by atoms with E-state index in [1.165, 1.54) is 0 Å². The van der Waals surface area contributed by atoms with Crippen LogP contribution < -0.4 is 21.1 Å². The van der Waals surface area contributed by atoms with E-state index in [0.717, 1.165) is 44.5 Å². The summed E-state index contributed by atoms with van der Waals surface area (Å²) < 4.78 is 5.85. The first kappa shape index (κ1) is 19.5. The minimum atomic E-state index is -0.0167. The molecule has 4 rings (SSSR count). The maximum Gasteiger partial charge on any atom is 0.233 e. The van der Waals surface area contributed by atoms with E-state index < -0.39 is 0 Å². The molecule has 2 saturated heterocycles. The van der Waals surface area contributed by atoms with E-state index >= 15 is 0 Å². The molecule has 28 heavy (non-hydrogen) atoms. The van der Waals surface area contributed by atoms with Gasteiger partial charge in [0, 0.05) is 48.5 Å². The number of nitrogens with zero attached hydrogens (tertiary/aromatic N) is 3. The number of carbonyl (C=O) groups excluding carboxylic acids is 1. The van der Waals surface area contributed by atoms with Crippen molar-refractivity contribution >= 4 is 5.91 Å². The molecule has 3 N–H and O–H groups in total. The van der Waals surface area contributed by atoms with Gasteiger partial charge in [0.05, 0.1) is 12.3 Å². The highest BCUT2D eigenvalue weighted by molar-refractivity contribution is 5.79. The average Bonchev–Trinajstić information content (AvgIpc) is 3.34. The third-order valence-corrected chi connectivity index (χ3v) is 6.19. The van der Waals surface area contributed by atoms with Gasteiger partial charge in [-0.25, -0.2) is 10.9 Å². The zero-order valence-corrected chi connectivity index (χ0v) is 17.1. The van der Waals surface area contributed by atoms with Crippen molar-refractivity contribution in [2.75, 3.05) is 19.7 Å². The van der Waals surface area contributed by atoms with Crippen molar-refractivity contribution in [3.63, 3.8) is 0 Å². The molecule has 0 bridgehead atoms. The molecule has 4 atom stereocenters. The first-order valence-electron chi connectivity index (χ1n) is 10.4. The minimum Gasteiger partial charge on any atom is -0.476 e. The van der Waals surface area contributed by atoms with Gasteiger partial charge in [0.25, 0.3) is 0 Å². The van der Waals surface area contributed by atoms with Crippen LogP contribution in [0.3, 0.4) is 0 Å². The zero-order valence-electron chi connectivity index (χ0n) is 17.1. The van der Waals surface area contributed by atoms with E-state index in [9.17, 15) is 4.79 Å². The van der Waals surface area contributed by atoms with Crippen molar-refractivity contribution in [3.05, 3.63) is 17.8 Å². The van der Waals surface area contributed by atoms with Crippen LogP contribution >= 0.6 is 0 Å². The lowest BCUT2D eigenvalue weighted by molar-refractivity contribution is -0.135. The average molecular weight is 389 g/mol. The summed E-state index contributed by atoms with van der Waals surface area (Å²) in [6.45, 7) is 8.53. The second-order valence-electron chi connectivity index (χ2n) is 9.39. The Labute approximate surface area is 166 Å². The predicted octanol–water partition coefficient (Wildman–Crippen LogP) is 1.15. The van der Waals surface area contributed by atoms with Gasteiger partial charge in [-0.2, -0.15) is 10.6 Å². The number of aromatic nitrogens is 2. The van der Waals surface area contributed by atoms with Crippen molar-refractivity contribution in [1.82, 2.24) is 31.5 Å². The van der Waals surface area contributed by atoms with Gasteiger partial charge in [-0.05, 0) is 31.7 Å². The number of hydrogen-bond acceptors (Lipinski definition) is 7. The van der Waals surface area contributed by atoms with Crippen LogP contribution in [-0.4, -0.2) is 52.8 Å². The highest BCUT2D eigenvalue weighted by atomic mass is 16.5. The number of hydrazine groups is 2. The molecular weight excluding hydrogens is 356 g/mol. The second-order valence-corrected chi connectivity index (χ2v) is 9.39. The molecule has 0 spiro atoms. The molecule has 8 heteroatoms. The monoisotopic (exact) mass is 388 g/mol. The van der Waals surface area contributed by atoms with E-state index in [2.05, 4.69) is 47.4 Å². The second kappa shape index (κ2) is 7.93. The first-order valence-corrected chi connectivity index (χ1v) is 10.4. The highest BCUT2D eigenvalue weighted by Crippen LogP contribution is 2.29. The van der Waals surface area contributed by atoms with E-state index in [4.69, 9.17) is 4.74 Å². The summed E-state index contributed by atoms with van der Waals surface area (Å²) in [7, 11) is 0. The Morgan fingerprint density at radius 1 is 1.18 bits per heavy atom. The Morgan fingerprint density at radius 2 is 2.00 bits per heavy atom. The number of nitrogens with one attached hydrogen (secondary N) is 3. The fourth-order valence-electron chi connectivity index (χ4n) is 4.38. The Hall–Kier alpha value is -1.77. The van der Waals surface area contributed by atoms with Crippen LogP contribution in [0.25, 0.3) is 0 Å². The molecule has 0 radical (unpaired) electrons. The molecule has 1 saturated carbocycles. The fraction of sp³-hybridized carbons (Fsp3) is 0.750. The third-order valence-electron chi connectivity index (χ3n) is 6.19. The maximum absolute atomic E-state index is 12.9. The van der Waals surface area contributed by atoms with Crippen LogP contribution in [-0.2, 0) is 10.2 Å². The molecular formula is C20H32N6O2. The highest BCUT2D eigenvalue weighted by Gasteiger charge is 2.39. The Kier molecular flexibility index (Phi) is 5.53. The summed E-state index contributed by atoms with van der Waals surface area (Å²) in [6, 6.07) is 4.65. The molecule has 3 aliphatic rings. The van der Waals surface area contributed by atoms with Gasteiger partial charge in [0.15, 0.2) is 0 Å². The predicted molar refractivity (Wildman–Crippen MR) is 105 cm³/mol. The molecule has 1 aliphatic carbocycles. The van der Waals surface area contributed by atoms with Crippen molar-refractivity contribution in [3.8, 4) is 5.88 Å². The zero-order chi connectivity index (χ0) is 19.7. The Balaban J connectivity index is 1.24. The molecule has 154 valence electrons. The van der Waals surface area contributed by atoms with Crippen LogP contribution in [0.4, 0.5) is 0 Å². The maximum atomic E-state index is 12.9. The lowest BCUT2D eigenvalue weighted by Crippen LogP contribution is -2.45. The van der Waals surface area contributed by atoms with Crippen molar-refractivity contribution < 1.29 is 9.53 Å². The van der Waals surface area contributed by atoms with E-state index in [-0.39, 0.29) is 11.3 Å². The summed E-state index contributed by atoms with van der Waals surface area (Å²) in [4.78, 5) is 15.0. The number of carbonyl (C=O) groups is 1. The largest absolute Gasteiger partial charge is 0.476 e. The van der Waals surface area contributed by atoms with Crippen LogP contribution in [0.2, 0.25) is 0 Å². The van der Waals surface area contributed by atoms with Crippen molar-refractivity contribution in [1.29, 1.82) is 0 Å². The normalized spacial score (nSPS) is 30.3. The molecule has 8 nitrogen and oxygen atoms in total. The van der Waals surface area contributed by atoms with Crippen molar-refractivity contribution in [2.24, 2.45) is 11.8 Å². The number of fused-ring (bicyclic) bond motifs is 1. The Morgan fingerprint density at radius 3 is 2.75 bits per heavy atom. The van der Waals surface area contributed by atoms with Crippen LogP contribution in [0, 0.1) is 11.8 Å². The molecule has 3 fully saturated rings. The van der Waals surface area contributed by atoms with Crippen molar-refractivity contribution in [2.45, 2.75) is 64.0 Å². The van der Waals surface area contributed by atoms with Gasteiger partial charge in [0.1, 0.15) is 0 Å². The van der Waals surface area contributed by atoms with Crippen LogP contribution in [0.5, 0.6) is 5.88 Å². The summed E-state index contributed by atoms with van der Waals surface area (Å²) in [5, 5.41) is 8.46. The SMILES string of the molecule is CC(C)(C)c1ccc(OCC2CCN(C(=O)C3CCC4NNNC4C3)C2)nn1. The number of ether oxygens (including phenoxy) is 1.